The standard InChI is InChI=1S/C28H24F6N2O/c1-2-17-14-35-25(36-15-17)10-5-18-4-9-22-21(11-18)8-7-20(26(22)31)6-3-19-12-23(29)27(24(30)13-19)37-16-28(32,33)34/h4,7-9,11-15H,2-3,5-6,10,16H2,1H3. The molecule has 0 aliphatic rings. The predicted molar refractivity (Wildman–Crippen MR) is 128 cm³/mol. The van der Waals surface area contributed by atoms with Crippen molar-refractivity contribution in [1.29, 1.82) is 0 Å². The van der Waals surface area contributed by atoms with E-state index in [-0.39, 0.29) is 18.4 Å². The van der Waals surface area contributed by atoms with Crippen LogP contribution in [0.15, 0.2) is 54.9 Å². The van der Waals surface area contributed by atoms with Gasteiger partial charge in [-0.1, -0.05) is 37.3 Å². The van der Waals surface area contributed by atoms with Gasteiger partial charge in [-0.15, -0.1) is 0 Å². The van der Waals surface area contributed by atoms with E-state index < -0.39 is 36.0 Å². The summed E-state index contributed by atoms with van der Waals surface area (Å²) in [5.41, 5.74) is 2.63. The number of aryl methyl sites for hydroxylation is 5. The second kappa shape index (κ2) is 11.2. The number of hydrogen-bond acceptors (Lipinski definition) is 3. The molecule has 0 saturated carbocycles. The summed E-state index contributed by atoms with van der Waals surface area (Å²) in [4.78, 5) is 8.72. The number of benzene rings is 3. The second-order valence-corrected chi connectivity index (χ2v) is 8.75. The summed E-state index contributed by atoms with van der Waals surface area (Å²) in [6.07, 6.45) is 1.38. The number of aromatic nitrogens is 2. The molecule has 4 aromatic rings. The van der Waals surface area contributed by atoms with Crippen molar-refractivity contribution in [3.8, 4) is 5.75 Å². The van der Waals surface area contributed by atoms with Crippen molar-refractivity contribution in [3.63, 3.8) is 0 Å². The van der Waals surface area contributed by atoms with E-state index >= 15 is 4.39 Å². The minimum Gasteiger partial charge on any atom is -0.478 e. The lowest BCUT2D eigenvalue weighted by molar-refractivity contribution is -0.154. The molecule has 0 N–H and O–H groups in total. The topological polar surface area (TPSA) is 35.0 Å². The van der Waals surface area contributed by atoms with Crippen LogP contribution in [-0.2, 0) is 32.1 Å². The fourth-order valence-corrected chi connectivity index (χ4v) is 4.01. The third-order valence-electron chi connectivity index (χ3n) is 6.02. The number of halogens is 6. The minimum atomic E-state index is -4.72. The van der Waals surface area contributed by atoms with Gasteiger partial charge in [0.25, 0.3) is 0 Å². The van der Waals surface area contributed by atoms with Gasteiger partial charge in [-0.25, -0.2) is 23.1 Å². The molecule has 0 aliphatic heterocycles. The van der Waals surface area contributed by atoms with Gasteiger partial charge in [0.2, 0.25) is 0 Å². The maximum atomic E-state index is 15.2. The van der Waals surface area contributed by atoms with Gasteiger partial charge in [-0.2, -0.15) is 13.2 Å². The van der Waals surface area contributed by atoms with Crippen molar-refractivity contribution in [2.24, 2.45) is 0 Å². The van der Waals surface area contributed by atoms with E-state index in [2.05, 4.69) is 14.7 Å². The lowest BCUT2D eigenvalue weighted by Gasteiger charge is -2.12. The van der Waals surface area contributed by atoms with Gasteiger partial charge in [0.05, 0.1) is 0 Å². The zero-order valence-electron chi connectivity index (χ0n) is 20.0. The molecule has 1 heterocycles. The van der Waals surface area contributed by atoms with Crippen molar-refractivity contribution in [1.82, 2.24) is 9.97 Å². The van der Waals surface area contributed by atoms with Crippen molar-refractivity contribution in [2.75, 3.05) is 6.61 Å². The predicted octanol–water partition coefficient (Wildman–Crippen LogP) is 7.12. The molecule has 0 fully saturated rings. The second-order valence-electron chi connectivity index (χ2n) is 8.75. The molecule has 0 bridgehead atoms. The highest BCUT2D eigenvalue weighted by Gasteiger charge is 2.30. The normalized spacial score (nSPS) is 11.8. The summed E-state index contributed by atoms with van der Waals surface area (Å²) < 4.78 is 84.5. The summed E-state index contributed by atoms with van der Waals surface area (Å²) >= 11 is 0. The molecule has 0 radical (unpaired) electrons. The smallest absolute Gasteiger partial charge is 0.422 e. The first-order valence-corrected chi connectivity index (χ1v) is 11.8. The molecule has 0 spiro atoms. The molecule has 4 rings (SSSR count). The molecule has 37 heavy (non-hydrogen) atoms. The molecule has 9 heteroatoms. The van der Waals surface area contributed by atoms with Crippen LogP contribution >= 0.6 is 0 Å². The number of nitrogens with zero attached hydrogens (tertiary/aromatic N) is 2. The van der Waals surface area contributed by atoms with Crippen LogP contribution in [0, 0.1) is 17.5 Å². The Morgan fingerprint density at radius 3 is 2.08 bits per heavy atom. The lowest BCUT2D eigenvalue weighted by Crippen LogP contribution is -2.20. The van der Waals surface area contributed by atoms with Crippen LogP contribution in [-0.4, -0.2) is 22.8 Å². The third kappa shape index (κ3) is 6.78. The average molecular weight is 519 g/mol. The Balaban J connectivity index is 1.42. The quantitative estimate of drug-likeness (QED) is 0.221. The molecule has 3 aromatic carbocycles. The Bertz CT molecular complexity index is 1360. The van der Waals surface area contributed by atoms with Crippen LogP contribution in [0.3, 0.4) is 0 Å². The van der Waals surface area contributed by atoms with Crippen LogP contribution in [0.4, 0.5) is 26.3 Å². The van der Waals surface area contributed by atoms with E-state index in [0.29, 0.717) is 23.8 Å². The number of fused-ring (bicyclic) bond motifs is 1. The zero-order valence-corrected chi connectivity index (χ0v) is 20.0. The SMILES string of the molecule is CCc1cnc(CCc2ccc3c(F)c(CCc4cc(F)c(OCC(F)(F)F)c(F)c4)ccc3c2)nc1. The maximum Gasteiger partial charge on any atom is 0.422 e. The minimum absolute atomic E-state index is 0.0880. The van der Waals surface area contributed by atoms with Crippen LogP contribution in [0.5, 0.6) is 5.75 Å². The van der Waals surface area contributed by atoms with Gasteiger partial charge in [0, 0.05) is 24.2 Å². The summed E-state index contributed by atoms with van der Waals surface area (Å²) in [5, 5.41) is 1.15. The van der Waals surface area contributed by atoms with Gasteiger partial charge >= 0.3 is 6.18 Å². The first kappa shape index (κ1) is 26.4. The highest BCUT2D eigenvalue weighted by molar-refractivity contribution is 5.84. The Kier molecular flexibility index (Phi) is 8.00. The first-order valence-electron chi connectivity index (χ1n) is 11.8. The molecular formula is C28H24F6N2O. The largest absolute Gasteiger partial charge is 0.478 e. The average Bonchev–Trinajstić information content (AvgIpc) is 2.86. The molecule has 0 amide bonds. The molecule has 0 aliphatic carbocycles. The lowest BCUT2D eigenvalue weighted by atomic mass is 9.98. The van der Waals surface area contributed by atoms with E-state index in [1.165, 1.54) is 0 Å². The summed E-state index contributed by atoms with van der Waals surface area (Å²) in [7, 11) is 0. The first-order chi connectivity index (χ1) is 17.6. The number of hydrogen-bond donors (Lipinski definition) is 0. The Morgan fingerprint density at radius 2 is 1.43 bits per heavy atom. The van der Waals surface area contributed by atoms with Crippen molar-refractivity contribution in [2.45, 2.75) is 45.2 Å². The molecule has 0 unspecified atom stereocenters. The van der Waals surface area contributed by atoms with E-state index in [4.69, 9.17) is 0 Å². The van der Waals surface area contributed by atoms with E-state index in [9.17, 15) is 22.0 Å². The fourth-order valence-electron chi connectivity index (χ4n) is 4.01. The molecule has 1 aromatic heterocycles. The Morgan fingerprint density at radius 1 is 0.757 bits per heavy atom. The number of ether oxygens (including phenoxy) is 1. The molecular weight excluding hydrogens is 494 g/mol. The van der Waals surface area contributed by atoms with Crippen molar-refractivity contribution < 1.29 is 31.1 Å². The van der Waals surface area contributed by atoms with E-state index in [1.807, 2.05) is 31.5 Å². The summed E-state index contributed by atoms with van der Waals surface area (Å²) in [6, 6.07) is 10.7. The summed E-state index contributed by atoms with van der Waals surface area (Å²) in [5.74, 6) is -3.24. The van der Waals surface area contributed by atoms with Gasteiger partial charge < -0.3 is 4.74 Å². The van der Waals surface area contributed by atoms with Gasteiger partial charge in [-0.05, 0) is 65.5 Å². The molecule has 0 saturated heterocycles. The number of rotatable bonds is 9. The van der Waals surface area contributed by atoms with Gasteiger partial charge in [0.15, 0.2) is 24.0 Å². The third-order valence-corrected chi connectivity index (χ3v) is 6.02. The van der Waals surface area contributed by atoms with Crippen molar-refractivity contribution in [3.05, 3.63) is 100 Å². The highest BCUT2D eigenvalue weighted by Crippen LogP contribution is 2.28. The Labute approximate surface area is 210 Å². The monoisotopic (exact) mass is 518 g/mol. The molecule has 194 valence electrons. The molecule has 0 atom stereocenters. The van der Waals surface area contributed by atoms with Crippen LogP contribution < -0.4 is 4.74 Å². The van der Waals surface area contributed by atoms with Gasteiger partial charge in [0.1, 0.15) is 11.6 Å². The van der Waals surface area contributed by atoms with Crippen LogP contribution in [0.2, 0.25) is 0 Å². The maximum absolute atomic E-state index is 15.2. The van der Waals surface area contributed by atoms with Crippen molar-refractivity contribution >= 4 is 10.8 Å². The molecule has 3 nitrogen and oxygen atoms in total. The van der Waals surface area contributed by atoms with Gasteiger partial charge in [-0.3, -0.25) is 0 Å². The van der Waals surface area contributed by atoms with E-state index in [0.717, 1.165) is 40.9 Å². The number of alkyl halides is 3. The highest BCUT2D eigenvalue weighted by atomic mass is 19.4. The fraction of sp³-hybridized carbons (Fsp3) is 0.286. The zero-order chi connectivity index (χ0) is 26.6. The van der Waals surface area contributed by atoms with E-state index in [1.54, 1.807) is 18.2 Å². The summed E-state index contributed by atoms with van der Waals surface area (Å²) in [6.45, 7) is 0.236. The van der Waals surface area contributed by atoms with Crippen LogP contribution in [0.25, 0.3) is 10.8 Å². The Hall–Kier alpha value is -3.62. The van der Waals surface area contributed by atoms with Crippen LogP contribution in [0.1, 0.15) is 35.0 Å².